The highest BCUT2D eigenvalue weighted by Crippen LogP contribution is 2.28. The number of aliphatic hydroxyl groups is 1. The van der Waals surface area contributed by atoms with Crippen molar-refractivity contribution in [2.45, 2.75) is 39.2 Å². The van der Waals surface area contributed by atoms with Gasteiger partial charge in [0.25, 0.3) is 0 Å². The Hall–Kier alpha value is -0.300. The van der Waals surface area contributed by atoms with Crippen molar-refractivity contribution < 1.29 is 5.11 Å². The lowest BCUT2D eigenvalue weighted by Crippen LogP contribution is -2.18. The Morgan fingerprint density at radius 3 is 2.70 bits per heavy atom. The lowest BCUT2D eigenvalue weighted by Gasteiger charge is -2.25. The average Bonchev–Trinajstić information content (AvgIpc) is 1.94. The van der Waals surface area contributed by atoms with Crippen LogP contribution in [0.1, 0.15) is 33.1 Å². The van der Waals surface area contributed by atoms with Crippen LogP contribution in [0.25, 0.3) is 0 Å². The third-order valence-corrected chi connectivity index (χ3v) is 2.41. The van der Waals surface area contributed by atoms with Gasteiger partial charge in [0, 0.05) is 0 Å². The molecule has 10 heavy (non-hydrogen) atoms. The Labute approximate surface area is 62.8 Å². The van der Waals surface area contributed by atoms with E-state index in [9.17, 15) is 5.11 Å². The molecule has 0 amide bonds. The van der Waals surface area contributed by atoms with E-state index >= 15 is 0 Å². The second-order valence-corrected chi connectivity index (χ2v) is 3.20. The first-order valence-electron chi connectivity index (χ1n) is 4.07. The summed E-state index contributed by atoms with van der Waals surface area (Å²) in [6.45, 7) is 4.30. The van der Waals surface area contributed by atoms with Crippen molar-refractivity contribution in [2.24, 2.45) is 5.92 Å². The van der Waals surface area contributed by atoms with Crippen LogP contribution in [0.4, 0.5) is 0 Å². The van der Waals surface area contributed by atoms with E-state index in [-0.39, 0.29) is 6.10 Å². The zero-order chi connectivity index (χ0) is 7.56. The number of aliphatic hydroxyl groups excluding tert-OH is 1. The molecule has 0 spiro atoms. The van der Waals surface area contributed by atoms with Crippen LogP contribution in [-0.2, 0) is 0 Å². The molecule has 0 aromatic rings. The number of rotatable bonds is 0. The second-order valence-electron chi connectivity index (χ2n) is 3.20. The molecule has 1 fully saturated rings. The largest absolute Gasteiger partial charge is 0.393 e. The second kappa shape index (κ2) is 3.20. The van der Waals surface area contributed by atoms with Crippen LogP contribution in [0.15, 0.2) is 11.6 Å². The van der Waals surface area contributed by atoms with E-state index < -0.39 is 0 Å². The molecule has 1 N–H and O–H groups in total. The number of allylic oxidation sites excluding steroid dienone is 1. The third-order valence-electron chi connectivity index (χ3n) is 2.41. The molecular weight excluding hydrogens is 124 g/mol. The summed E-state index contributed by atoms with van der Waals surface area (Å²) in [4.78, 5) is 0. The maximum Gasteiger partial charge on any atom is 0.0577 e. The predicted octanol–water partition coefficient (Wildman–Crippen LogP) is 2.11. The molecule has 0 heterocycles. The monoisotopic (exact) mass is 140 g/mol. The van der Waals surface area contributed by atoms with Gasteiger partial charge in [-0.25, -0.2) is 0 Å². The third kappa shape index (κ3) is 1.60. The van der Waals surface area contributed by atoms with Crippen LogP contribution >= 0.6 is 0 Å². The molecule has 0 saturated heterocycles. The van der Waals surface area contributed by atoms with E-state index in [0.29, 0.717) is 5.92 Å². The fourth-order valence-corrected chi connectivity index (χ4v) is 1.61. The van der Waals surface area contributed by atoms with Crippen LogP contribution in [0, 0.1) is 5.92 Å². The Kier molecular flexibility index (Phi) is 2.50. The summed E-state index contributed by atoms with van der Waals surface area (Å²) in [6.07, 6.45) is 5.12. The van der Waals surface area contributed by atoms with Gasteiger partial charge in [0.15, 0.2) is 0 Å². The first kappa shape index (κ1) is 7.80. The molecule has 0 radical (unpaired) electrons. The molecule has 1 aliphatic rings. The van der Waals surface area contributed by atoms with E-state index in [0.717, 1.165) is 19.3 Å². The fourth-order valence-electron chi connectivity index (χ4n) is 1.61. The van der Waals surface area contributed by atoms with Crippen molar-refractivity contribution in [3.05, 3.63) is 11.6 Å². The Morgan fingerprint density at radius 1 is 1.50 bits per heavy atom. The SMILES string of the molecule is C/C=C1\CC(O)CCC1C. The summed E-state index contributed by atoms with van der Waals surface area (Å²) < 4.78 is 0. The molecular formula is C9H16O. The van der Waals surface area contributed by atoms with Crippen molar-refractivity contribution >= 4 is 0 Å². The highest BCUT2D eigenvalue weighted by atomic mass is 16.3. The van der Waals surface area contributed by atoms with Gasteiger partial charge in [-0.05, 0) is 32.1 Å². The molecule has 1 aliphatic carbocycles. The maximum atomic E-state index is 9.29. The zero-order valence-electron chi connectivity index (χ0n) is 6.80. The molecule has 0 aromatic carbocycles. The van der Waals surface area contributed by atoms with Gasteiger partial charge in [-0.1, -0.05) is 18.6 Å². The van der Waals surface area contributed by atoms with Crippen LogP contribution < -0.4 is 0 Å². The highest BCUT2D eigenvalue weighted by molar-refractivity contribution is 5.08. The van der Waals surface area contributed by atoms with Gasteiger partial charge in [0.2, 0.25) is 0 Å². The Morgan fingerprint density at radius 2 is 2.20 bits per heavy atom. The molecule has 0 aromatic heterocycles. The first-order valence-corrected chi connectivity index (χ1v) is 4.07. The smallest absolute Gasteiger partial charge is 0.0577 e. The average molecular weight is 140 g/mol. The summed E-state index contributed by atoms with van der Waals surface area (Å²) in [5, 5.41) is 9.29. The molecule has 1 heteroatoms. The van der Waals surface area contributed by atoms with E-state index in [1.807, 2.05) is 0 Å². The van der Waals surface area contributed by atoms with Gasteiger partial charge in [-0.2, -0.15) is 0 Å². The summed E-state index contributed by atoms with van der Waals surface area (Å²) in [6, 6.07) is 0. The Balaban J connectivity index is 2.54. The van der Waals surface area contributed by atoms with Gasteiger partial charge in [-0.15, -0.1) is 0 Å². The normalized spacial score (nSPS) is 38.5. The van der Waals surface area contributed by atoms with Crippen molar-refractivity contribution in [3.8, 4) is 0 Å². The number of hydrogen-bond donors (Lipinski definition) is 1. The quantitative estimate of drug-likeness (QED) is 0.511. The minimum Gasteiger partial charge on any atom is -0.393 e. The summed E-state index contributed by atoms with van der Waals surface area (Å²) in [7, 11) is 0. The molecule has 1 nitrogen and oxygen atoms in total. The van der Waals surface area contributed by atoms with Crippen molar-refractivity contribution in [1.82, 2.24) is 0 Å². The van der Waals surface area contributed by atoms with Crippen molar-refractivity contribution in [1.29, 1.82) is 0 Å². The van der Waals surface area contributed by atoms with Gasteiger partial charge in [0.1, 0.15) is 0 Å². The van der Waals surface area contributed by atoms with Crippen molar-refractivity contribution in [2.75, 3.05) is 0 Å². The fraction of sp³-hybridized carbons (Fsp3) is 0.778. The van der Waals surface area contributed by atoms with E-state index in [1.54, 1.807) is 0 Å². The topological polar surface area (TPSA) is 20.2 Å². The standard InChI is InChI=1S/C9H16O/c1-3-8-6-9(10)5-4-7(8)2/h3,7,9-10H,4-6H2,1-2H3/b8-3+. The highest BCUT2D eigenvalue weighted by Gasteiger charge is 2.19. The molecule has 58 valence electrons. The van der Waals surface area contributed by atoms with E-state index in [2.05, 4.69) is 19.9 Å². The van der Waals surface area contributed by atoms with Gasteiger partial charge in [0.05, 0.1) is 6.10 Å². The van der Waals surface area contributed by atoms with Crippen LogP contribution in [0.5, 0.6) is 0 Å². The molecule has 1 rings (SSSR count). The zero-order valence-corrected chi connectivity index (χ0v) is 6.80. The first-order chi connectivity index (χ1) is 4.74. The van der Waals surface area contributed by atoms with Gasteiger partial charge in [-0.3, -0.25) is 0 Å². The molecule has 2 atom stereocenters. The van der Waals surface area contributed by atoms with Crippen LogP contribution in [0.3, 0.4) is 0 Å². The maximum absolute atomic E-state index is 9.29. The van der Waals surface area contributed by atoms with Gasteiger partial charge >= 0.3 is 0 Å². The van der Waals surface area contributed by atoms with E-state index in [4.69, 9.17) is 0 Å². The number of hydrogen-bond acceptors (Lipinski definition) is 1. The lowest BCUT2D eigenvalue weighted by atomic mass is 9.84. The van der Waals surface area contributed by atoms with E-state index in [1.165, 1.54) is 5.57 Å². The minimum absolute atomic E-state index is 0.0672. The molecule has 0 bridgehead atoms. The lowest BCUT2D eigenvalue weighted by molar-refractivity contribution is 0.138. The molecule has 0 aliphatic heterocycles. The molecule has 1 saturated carbocycles. The summed E-state index contributed by atoms with van der Waals surface area (Å²) in [5.41, 5.74) is 1.43. The summed E-state index contributed by atoms with van der Waals surface area (Å²) in [5.74, 6) is 0.702. The van der Waals surface area contributed by atoms with Crippen molar-refractivity contribution in [3.63, 3.8) is 0 Å². The summed E-state index contributed by atoms with van der Waals surface area (Å²) >= 11 is 0. The van der Waals surface area contributed by atoms with Crippen LogP contribution in [0.2, 0.25) is 0 Å². The van der Waals surface area contributed by atoms with Crippen LogP contribution in [-0.4, -0.2) is 11.2 Å². The minimum atomic E-state index is -0.0672. The predicted molar refractivity (Wildman–Crippen MR) is 42.8 cm³/mol. The molecule has 2 unspecified atom stereocenters. The van der Waals surface area contributed by atoms with Gasteiger partial charge < -0.3 is 5.11 Å². The Bertz CT molecular complexity index is 138.